The number of fused-ring (bicyclic) bond motifs is 1. The van der Waals surface area contributed by atoms with Crippen molar-refractivity contribution >= 4 is 0 Å². The summed E-state index contributed by atoms with van der Waals surface area (Å²) in [5, 5.41) is 0. The number of hydrogen-bond acceptors (Lipinski definition) is 2. The second-order valence-corrected chi connectivity index (χ2v) is 8.06. The highest BCUT2D eigenvalue weighted by atomic mass is 16.5. The summed E-state index contributed by atoms with van der Waals surface area (Å²) in [6.45, 7) is 3.01. The van der Waals surface area contributed by atoms with Gasteiger partial charge in [-0.3, -0.25) is 0 Å². The average molecular weight is 366 g/mol. The molecule has 0 aliphatic heterocycles. The molecule has 0 aromatic heterocycles. The molecule has 1 aliphatic carbocycles. The normalized spacial score (nSPS) is 17.4. The Morgan fingerprint density at radius 1 is 1.15 bits per heavy atom. The van der Waals surface area contributed by atoms with Crippen molar-refractivity contribution in [3.63, 3.8) is 0 Å². The molecular weight excluding hydrogens is 330 g/mol. The predicted octanol–water partition coefficient (Wildman–Crippen LogP) is 5.67. The van der Waals surface area contributed by atoms with E-state index in [4.69, 9.17) is 10.5 Å². The lowest BCUT2D eigenvalue weighted by molar-refractivity contribution is 0.399. The SMILES string of the molecule is CCCC(CN)c1ccc2c(c1)CCC(CCCc1ccccc1OC)C2. The van der Waals surface area contributed by atoms with Crippen LogP contribution in [0.25, 0.3) is 0 Å². The summed E-state index contributed by atoms with van der Waals surface area (Å²) >= 11 is 0. The molecule has 0 amide bonds. The average Bonchev–Trinajstić information content (AvgIpc) is 2.72. The molecule has 0 heterocycles. The van der Waals surface area contributed by atoms with Gasteiger partial charge in [0, 0.05) is 0 Å². The van der Waals surface area contributed by atoms with Crippen LogP contribution in [0.4, 0.5) is 0 Å². The van der Waals surface area contributed by atoms with Crippen molar-refractivity contribution in [2.75, 3.05) is 13.7 Å². The number of benzene rings is 2. The van der Waals surface area contributed by atoms with Crippen LogP contribution in [0.5, 0.6) is 5.75 Å². The molecule has 0 saturated carbocycles. The Hall–Kier alpha value is -1.80. The van der Waals surface area contributed by atoms with Crippen LogP contribution in [0.3, 0.4) is 0 Å². The molecule has 2 N–H and O–H groups in total. The van der Waals surface area contributed by atoms with E-state index in [1.807, 2.05) is 6.07 Å². The fraction of sp³-hybridized carbons (Fsp3) is 0.520. The third-order valence-corrected chi connectivity index (χ3v) is 6.20. The highest BCUT2D eigenvalue weighted by Crippen LogP contribution is 2.32. The van der Waals surface area contributed by atoms with Gasteiger partial charge < -0.3 is 10.5 Å². The maximum absolute atomic E-state index is 6.00. The standard InChI is InChI=1S/C25H35NO/c1-3-7-24(18-26)23-15-14-21-16-19(12-13-22(21)17-23)8-6-10-20-9-4-5-11-25(20)27-2/h4-5,9,11,14-15,17,19,24H,3,6-8,10,12-13,16,18,26H2,1-2H3. The number of methoxy groups -OCH3 is 1. The van der Waals surface area contributed by atoms with Gasteiger partial charge >= 0.3 is 0 Å². The van der Waals surface area contributed by atoms with Gasteiger partial charge in [0.05, 0.1) is 7.11 Å². The maximum Gasteiger partial charge on any atom is 0.122 e. The first kappa shape index (κ1) is 19.9. The summed E-state index contributed by atoms with van der Waals surface area (Å²) in [6.07, 6.45) is 9.85. The van der Waals surface area contributed by atoms with Crippen LogP contribution in [-0.2, 0) is 19.3 Å². The molecule has 1 aliphatic rings. The number of nitrogens with two attached hydrogens (primary N) is 1. The zero-order chi connectivity index (χ0) is 19.1. The number of ether oxygens (including phenoxy) is 1. The Kier molecular flexibility index (Phi) is 7.34. The molecule has 0 fully saturated rings. The first-order valence-electron chi connectivity index (χ1n) is 10.7. The van der Waals surface area contributed by atoms with Crippen molar-refractivity contribution in [2.45, 2.75) is 64.2 Å². The molecule has 0 saturated heterocycles. The predicted molar refractivity (Wildman–Crippen MR) is 115 cm³/mol. The van der Waals surface area contributed by atoms with Gasteiger partial charge in [-0.2, -0.15) is 0 Å². The monoisotopic (exact) mass is 365 g/mol. The fourth-order valence-electron chi connectivity index (χ4n) is 4.61. The van der Waals surface area contributed by atoms with Gasteiger partial charge in [0.1, 0.15) is 5.75 Å². The van der Waals surface area contributed by atoms with E-state index in [0.717, 1.165) is 24.6 Å². The minimum atomic E-state index is 0.527. The molecule has 2 unspecified atom stereocenters. The zero-order valence-electron chi connectivity index (χ0n) is 17.0. The molecule has 2 aromatic carbocycles. The Morgan fingerprint density at radius 3 is 2.78 bits per heavy atom. The summed E-state index contributed by atoms with van der Waals surface area (Å²) in [7, 11) is 1.76. The molecule has 3 rings (SSSR count). The minimum absolute atomic E-state index is 0.527. The Morgan fingerprint density at radius 2 is 2.00 bits per heavy atom. The van der Waals surface area contributed by atoms with E-state index < -0.39 is 0 Å². The smallest absolute Gasteiger partial charge is 0.122 e. The van der Waals surface area contributed by atoms with Crippen molar-refractivity contribution < 1.29 is 4.74 Å². The van der Waals surface area contributed by atoms with Crippen LogP contribution < -0.4 is 10.5 Å². The van der Waals surface area contributed by atoms with Gasteiger partial charge in [-0.05, 0) is 91.6 Å². The van der Waals surface area contributed by atoms with Gasteiger partial charge in [-0.25, -0.2) is 0 Å². The second-order valence-electron chi connectivity index (χ2n) is 8.06. The number of hydrogen-bond donors (Lipinski definition) is 1. The Bertz CT molecular complexity index is 724. The molecule has 2 atom stereocenters. The van der Waals surface area contributed by atoms with E-state index in [-0.39, 0.29) is 0 Å². The van der Waals surface area contributed by atoms with Crippen molar-refractivity contribution in [1.29, 1.82) is 0 Å². The van der Waals surface area contributed by atoms with Crippen LogP contribution in [0.2, 0.25) is 0 Å². The second kappa shape index (κ2) is 9.94. The molecule has 0 spiro atoms. The van der Waals surface area contributed by atoms with Crippen LogP contribution in [0.1, 0.15) is 67.2 Å². The summed E-state index contributed by atoms with van der Waals surface area (Å²) in [6, 6.07) is 15.6. The first-order valence-corrected chi connectivity index (χ1v) is 10.7. The van der Waals surface area contributed by atoms with Gasteiger partial charge in [0.25, 0.3) is 0 Å². The van der Waals surface area contributed by atoms with Crippen molar-refractivity contribution in [3.05, 3.63) is 64.7 Å². The number of para-hydroxylation sites is 1. The first-order chi connectivity index (χ1) is 13.2. The molecule has 0 radical (unpaired) electrons. The fourth-order valence-corrected chi connectivity index (χ4v) is 4.61. The van der Waals surface area contributed by atoms with Crippen LogP contribution in [0.15, 0.2) is 42.5 Å². The minimum Gasteiger partial charge on any atom is -0.496 e. The molecule has 2 nitrogen and oxygen atoms in total. The summed E-state index contributed by atoms with van der Waals surface area (Å²) < 4.78 is 5.48. The third-order valence-electron chi connectivity index (χ3n) is 6.20. The highest BCUT2D eigenvalue weighted by molar-refractivity contribution is 5.36. The van der Waals surface area contributed by atoms with E-state index in [1.165, 1.54) is 56.1 Å². The Labute approximate surface area is 165 Å². The topological polar surface area (TPSA) is 35.2 Å². The van der Waals surface area contributed by atoms with E-state index in [1.54, 1.807) is 18.2 Å². The van der Waals surface area contributed by atoms with Gasteiger partial charge in [-0.15, -0.1) is 0 Å². The highest BCUT2D eigenvalue weighted by Gasteiger charge is 2.20. The molecular formula is C25H35NO. The quantitative estimate of drug-likeness (QED) is 0.622. The zero-order valence-corrected chi connectivity index (χ0v) is 17.0. The van der Waals surface area contributed by atoms with Gasteiger partial charge in [-0.1, -0.05) is 49.7 Å². The molecule has 2 heteroatoms. The maximum atomic E-state index is 6.00. The van der Waals surface area contributed by atoms with E-state index in [0.29, 0.717) is 5.92 Å². The van der Waals surface area contributed by atoms with E-state index in [9.17, 15) is 0 Å². The van der Waals surface area contributed by atoms with Crippen LogP contribution >= 0.6 is 0 Å². The molecule has 27 heavy (non-hydrogen) atoms. The van der Waals surface area contributed by atoms with Gasteiger partial charge in [0.15, 0.2) is 0 Å². The molecule has 146 valence electrons. The van der Waals surface area contributed by atoms with Crippen molar-refractivity contribution in [3.8, 4) is 5.75 Å². The van der Waals surface area contributed by atoms with E-state index in [2.05, 4.69) is 43.3 Å². The summed E-state index contributed by atoms with van der Waals surface area (Å²) in [4.78, 5) is 0. The number of aryl methyl sites for hydroxylation is 2. The number of rotatable bonds is 9. The van der Waals surface area contributed by atoms with Crippen molar-refractivity contribution in [2.24, 2.45) is 11.7 Å². The lowest BCUT2D eigenvalue weighted by Gasteiger charge is -2.26. The molecule has 0 bridgehead atoms. The lowest BCUT2D eigenvalue weighted by Crippen LogP contribution is -2.17. The lowest BCUT2D eigenvalue weighted by atomic mass is 9.79. The largest absolute Gasteiger partial charge is 0.496 e. The van der Waals surface area contributed by atoms with Crippen LogP contribution in [0, 0.1) is 5.92 Å². The van der Waals surface area contributed by atoms with E-state index >= 15 is 0 Å². The van der Waals surface area contributed by atoms with Crippen LogP contribution in [-0.4, -0.2) is 13.7 Å². The Balaban J connectivity index is 1.55. The summed E-state index contributed by atoms with van der Waals surface area (Å²) in [5.74, 6) is 2.37. The summed E-state index contributed by atoms with van der Waals surface area (Å²) in [5.41, 5.74) is 11.9. The third kappa shape index (κ3) is 5.13. The molecule has 2 aromatic rings. The van der Waals surface area contributed by atoms with Gasteiger partial charge in [0.2, 0.25) is 0 Å². The van der Waals surface area contributed by atoms with Crippen molar-refractivity contribution in [1.82, 2.24) is 0 Å².